The average molecular weight is 483 g/mol. The van der Waals surface area contributed by atoms with Gasteiger partial charge in [0, 0.05) is 35.3 Å². The van der Waals surface area contributed by atoms with Crippen LogP contribution in [0.25, 0.3) is 0 Å². The molecule has 0 aliphatic heterocycles. The Morgan fingerprint density at radius 1 is 0.767 bits per heavy atom. The summed E-state index contributed by atoms with van der Waals surface area (Å²) < 4.78 is 0. The summed E-state index contributed by atoms with van der Waals surface area (Å²) in [6.45, 7) is 1.77. The number of hydrazine groups is 2. The van der Waals surface area contributed by atoms with Gasteiger partial charge >= 0.3 is 0 Å². The number of rotatable bonds is 4. The fourth-order valence-corrected chi connectivity index (χ4v) is 3.15. The molecule has 0 aliphatic rings. The molecule has 2 amide bonds. The van der Waals surface area contributed by atoms with E-state index in [1.165, 1.54) is 10.0 Å². The van der Waals surface area contributed by atoms with Gasteiger partial charge < -0.3 is 0 Å². The molecule has 10 heteroatoms. The average Bonchev–Trinajstić information content (AvgIpc) is 2.72. The van der Waals surface area contributed by atoms with Crippen LogP contribution in [0.2, 0.25) is 10.0 Å². The number of nitrogens with zero attached hydrogens (tertiary/aromatic N) is 2. The summed E-state index contributed by atoms with van der Waals surface area (Å²) in [6, 6.07) is 13.0. The molecular weight excluding hydrogens is 463 g/mol. The van der Waals surface area contributed by atoms with Crippen molar-refractivity contribution in [2.24, 2.45) is 5.92 Å². The van der Waals surface area contributed by atoms with Crippen LogP contribution >= 0.6 is 47.6 Å². The standard InChI is InChI=1S/C20H20Cl2N4O2S2/c1-12(17(29)23-25(2)19(27)13-4-8-15(21)9-5-13)18(30)24-26(3)20(28)14-6-10-16(22)11-7-14/h4-12H,1-3H3,(H,23,29)(H,24,30). The highest BCUT2D eigenvalue weighted by Crippen LogP contribution is 2.12. The van der Waals surface area contributed by atoms with Crippen LogP contribution in [-0.2, 0) is 0 Å². The molecule has 0 saturated heterocycles. The predicted molar refractivity (Wildman–Crippen MR) is 128 cm³/mol. The van der Waals surface area contributed by atoms with Crippen LogP contribution in [-0.4, -0.2) is 45.9 Å². The van der Waals surface area contributed by atoms with Gasteiger partial charge in [-0.25, -0.2) is 0 Å². The smallest absolute Gasteiger partial charge is 0.271 e. The monoisotopic (exact) mass is 482 g/mol. The first-order valence-electron chi connectivity index (χ1n) is 8.78. The minimum atomic E-state index is -0.434. The molecule has 0 radical (unpaired) electrons. The van der Waals surface area contributed by atoms with Gasteiger partial charge in [-0.2, -0.15) is 0 Å². The number of thiocarbonyl (C=S) groups is 2. The molecule has 2 aromatic rings. The minimum Gasteiger partial charge on any atom is -0.289 e. The molecule has 0 aromatic heterocycles. The van der Waals surface area contributed by atoms with Crippen molar-refractivity contribution in [3.05, 3.63) is 69.7 Å². The van der Waals surface area contributed by atoms with Crippen molar-refractivity contribution in [2.75, 3.05) is 14.1 Å². The van der Waals surface area contributed by atoms with Crippen LogP contribution in [0.15, 0.2) is 48.5 Å². The molecule has 6 nitrogen and oxygen atoms in total. The van der Waals surface area contributed by atoms with Gasteiger partial charge in [-0.05, 0) is 55.5 Å². The Morgan fingerprint density at radius 3 is 1.37 bits per heavy atom. The van der Waals surface area contributed by atoms with E-state index in [2.05, 4.69) is 10.9 Å². The highest BCUT2D eigenvalue weighted by molar-refractivity contribution is 7.82. The molecule has 0 spiro atoms. The molecule has 0 bridgehead atoms. The third kappa shape index (κ3) is 6.37. The van der Waals surface area contributed by atoms with E-state index in [4.69, 9.17) is 47.6 Å². The molecule has 0 unspecified atom stereocenters. The van der Waals surface area contributed by atoms with Crippen molar-refractivity contribution in [3.63, 3.8) is 0 Å². The maximum absolute atomic E-state index is 12.5. The lowest BCUT2D eigenvalue weighted by molar-refractivity contribution is 0.0755. The van der Waals surface area contributed by atoms with E-state index in [1.54, 1.807) is 69.6 Å². The summed E-state index contributed by atoms with van der Waals surface area (Å²) in [5, 5.41) is 3.63. The lowest BCUT2D eigenvalue weighted by Gasteiger charge is -2.26. The van der Waals surface area contributed by atoms with E-state index >= 15 is 0 Å². The van der Waals surface area contributed by atoms with Crippen molar-refractivity contribution >= 4 is 69.4 Å². The number of amides is 2. The van der Waals surface area contributed by atoms with E-state index < -0.39 is 5.92 Å². The lowest BCUT2D eigenvalue weighted by atomic mass is 10.2. The number of hydrogen-bond donors (Lipinski definition) is 2. The summed E-state index contributed by atoms with van der Waals surface area (Å²) in [5.74, 6) is -0.999. The zero-order valence-electron chi connectivity index (χ0n) is 16.5. The molecular formula is C20H20Cl2N4O2S2. The van der Waals surface area contributed by atoms with Gasteiger partial charge in [0.2, 0.25) is 0 Å². The van der Waals surface area contributed by atoms with Crippen LogP contribution in [0.1, 0.15) is 27.6 Å². The Bertz CT molecular complexity index is 875. The van der Waals surface area contributed by atoms with Crippen LogP contribution in [0.4, 0.5) is 0 Å². The third-order valence-corrected chi connectivity index (χ3v) is 5.53. The zero-order chi connectivity index (χ0) is 22.4. The molecule has 0 aliphatic carbocycles. The Balaban J connectivity index is 1.93. The first kappa shape index (κ1) is 24.0. The summed E-state index contributed by atoms with van der Waals surface area (Å²) in [6.07, 6.45) is 0. The van der Waals surface area contributed by atoms with E-state index in [0.29, 0.717) is 31.1 Å². The molecule has 0 heterocycles. The minimum absolute atomic E-state index is 0.282. The van der Waals surface area contributed by atoms with Crippen LogP contribution in [0.3, 0.4) is 0 Å². The quantitative estimate of drug-likeness (QED) is 0.504. The first-order valence-corrected chi connectivity index (χ1v) is 10.4. The summed E-state index contributed by atoms with van der Waals surface area (Å²) in [7, 11) is 3.12. The second-order valence-electron chi connectivity index (χ2n) is 6.42. The van der Waals surface area contributed by atoms with Gasteiger partial charge in [-0.3, -0.25) is 30.5 Å². The van der Waals surface area contributed by atoms with Gasteiger partial charge in [-0.1, -0.05) is 47.6 Å². The summed E-state index contributed by atoms with van der Waals surface area (Å²) in [4.78, 5) is 25.6. The largest absolute Gasteiger partial charge is 0.289 e. The van der Waals surface area contributed by atoms with Gasteiger partial charge in [0.25, 0.3) is 11.8 Å². The molecule has 30 heavy (non-hydrogen) atoms. The molecule has 0 fully saturated rings. The molecule has 0 atom stereocenters. The SMILES string of the molecule is CC(C(=S)NN(C)C(=O)c1ccc(Cl)cc1)C(=S)NN(C)C(=O)c1ccc(Cl)cc1. The second kappa shape index (κ2) is 10.7. The Kier molecular flexibility index (Phi) is 8.54. The van der Waals surface area contributed by atoms with Crippen LogP contribution < -0.4 is 10.9 Å². The topological polar surface area (TPSA) is 64.7 Å². The van der Waals surface area contributed by atoms with Gasteiger partial charge in [0.15, 0.2) is 0 Å². The lowest BCUT2D eigenvalue weighted by Crippen LogP contribution is -2.50. The van der Waals surface area contributed by atoms with Crippen molar-refractivity contribution in [1.82, 2.24) is 20.9 Å². The van der Waals surface area contributed by atoms with Gasteiger partial charge in [0.1, 0.15) is 9.98 Å². The number of carbonyl (C=O) groups is 2. The summed E-state index contributed by atoms with van der Waals surface area (Å²) >= 11 is 22.4. The number of carbonyl (C=O) groups excluding carboxylic acids is 2. The van der Waals surface area contributed by atoms with Gasteiger partial charge in [-0.15, -0.1) is 0 Å². The van der Waals surface area contributed by atoms with Crippen molar-refractivity contribution in [2.45, 2.75) is 6.92 Å². The number of halogens is 2. The Morgan fingerprint density at radius 2 is 1.07 bits per heavy atom. The van der Waals surface area contributed by atoms with Gasteiger partial charge in [0.05, 0.1) is 5.92 Å². The normalized spacial score (nSPS) is 10.3. The maximum atomic E-state index is 12.5. The molecule has 2 aromatic carbocycles. The van der Waals surface area contributed by atoms with E-state index in [-0.39, 0.29) is 11.8 Å². The Hall–Kier alpha value is -2.26. The number of hydrogen-bond acceptors (Lipinski definition) is 4. The fourth-order valence-electron chi connectivity index (χ4n) is 2.32. The third-order valence-electron chi connectivity index (χ3n) is 4.13. The molecule has 0 saturated carbocycles. The highest BCUT2D eigenvalue weighted by Gasteiger charge is 2.21. The van der Waals surface area contributed by atoms with E-state index in [1.807, 2.05) is 0 Å². The van der Waals surface area contributed by atoms with Crippen molar-refractivity contribution in [3.8, 4) is 0 Å². The van der Waals surface area contributed by atoms with E-state index in [9.17, 15) is 9.59 Å². The first-order chi connectivity index (χ1) is 14.1. The predicted octanol–water partition coefficient (Wildman–Crippen LogP) is 4.14. The molecule has 2 N–H and O–H groups in total. The Labute approximate surface area is 196 Å². The maximum Gasteiger partial charge on any atom is 0.271 e. The van der Waals surface area contributed by atoms with Crippen molar-refractivity contribution in [1.29, 1.82) is 0 Å². The van der Waals surface area contributed by atoms with E-state index in [0.717, 1.165) is 0 Å². The number of benzene rings is 2. The highest BCUT2D eigenvalue weighted by atomic mass is 35.5. The van der Waals surface area contributed by atoms with Crippen molar-refractivity contribution < 1.29 is 9.59 Å². The molecule has 2 rings (SSSR count). The second-order valence-corrected chi connectivity index (χ2v) is 8.17. The van der Waals surface area contributed by atoms with Crippen LogP contribution in [0, 0.1) is 5.92 Å². The van der Waals surface area contributed by atoms with Crippen LogP contribution in [0.5, 0.6) is 0 Å². The molecule has 158 valence electrons. The fraction of sp³-hybridized carbons (Fsp3) is 0.200. The summed E-state index contributed by atoms with van der Waals surface area (Å²) in [5.41, 5.74) is 6.62. The number of nitrogens with one attached hydrogen (secondary N) is 2. The zero-order valence-corrected chi connectivity index (χ0v) is 19.6.